The third-order valence-corrected chi connectivity index (χ3v) is 6.89. The summed E-state index contributed by atoms with van der Waals surface area (Å²) in [5, 5.41) is 19.1. The van der Waals surface area contributed by atoms with Crippen LogP contribution in [0.3, 0.4) is 0 Å². The molecule has 0 spiro atoms. The quantitative estimate of drug-likeness (QED) is 0.863. The first kappa shape index (κ1) is 17.3. The van der Waals surface area contributed by atoms with Crippen molar-refractivity contribution in [1.82, 2.24) is 15.2 Å². The van der Waals surface area contributed by atoms with E-state index >= 15 is 0 Å². The lowest BCUT2D eigenvalue weighted by molar-refractivity contribution is 0.00243. The fourth-order valence-corrected chi connectivity index (χ4v) is 5.26. The molecule has 2 bridgehead atoms. The maximum atomic E-state index is 10.7. The summed E-state index contributed by atoms with van der Waals surface area (Å²) in [5.41, 5.74) is 1.49. The molecule has 3 saturated heterocycles. The highest BCUT2D eigenvalue weighted by Crippen LogP contribution is 2.39. The first-order chi connectivity index (χ1) is 13.1. The lowest BCUT2D eigenvalue weighted by Gasteiger charge is -2.44. The zero-order chi connectivity index (χ0) is 18.6. The van der Waals surface area contributed by atoms with Crippen LogP contribution in [0.25, 0.3) is 11.0 Å². The normalized spacial score (nSPS) is 33.8. The Kier molecular flexibility index (Phi) is 4.05. The number of hydrogen-bond donors (Lipinski definition) is 2. The number of morpholine rings is 1. The minimum atomic E-state index is -0.537. The fraction of sp³-hybridized carbons (Fsp3) is 0.700. The topological polar surface area (TPSA) is 77.5 Å². The van der Waals surface area contributed by atoms with Crippen LogP contribution < -0.4 is 9.80 Å². The monoisotopic (exact) mass is 371 g/mol. The van der Waals surface area contributed by atoms with Crippen molar-refractivity contribution >= 4 is 22.5 Å². The van der Waals surface area contributed by atoms with Crippen LogP contribution in [0.4, 0.5) is 11.5 Å². The number of aromatic amines is 1. The van der Waals surface area contributed by atoms with Gasteiger partial charge in [0.15, 0.2) is 5.65 Å². The van der Waals surface area contributed by atoms with E-state index in [1.54, 1.807) is 0 Å². The Morgan fingerprint density at radius 3 is 2.81 bits per heavy atom. The zero-order valence-electron chi connectivity index (χ0n) is 16.2. The van der Waals surface area contributed by atoms with Gasteiger partial charge in [-0.05, 0) is 39.0 Å². The average Bonchev–Trinajstić information content (AvgIpc) is 3.23. The highest BCUT2D eigenvalue weighted by Gasteiger charge is 2.40. The molecule has 7 heteroatoms. The molecule has 5 heterocycles. The number of anilines is 2. The van der Waals surface area contributed by atoms with Crippen LogP contribution in [0.2, 0.25) is 0 Å². The van der Waals surface area contributed by atoms with Crippen molar-refractivity contribution < 1.29 is 9.84 Å². The van der Waals surface area contributed by atoms with E-state index in [4.69, 9.17) is 9.72 Å². The molecular formula is C20H29N5O2. The van der Waals surface area contributed by atoms with Gasteiger partial charge in [-0.2, -0.15) is 5.10 Å². The minimum absolute atomic E-state index is 0.276. The van der Waals surface area contributed by atoms with Gasteiger partial charge in [-0.3, -0.25) is 5.10 Å². The number of aliphatic hydroxyl groups is 1. The van der Waals surface area contributed by atoms with Crippen LogP contribution >= 0.6 is 0 Å². The maximum absolute atomic E-state index is 10.7. The van der Waals surface area contributed by atoms with Crippen LogP contribution in [-0.2, 0) is 4.74 Å². The van der Waals surface area contributed by atoms with Gasteiger partial charge in [-0.15, -0.1) is 0 Å². The van der Waals surface area contributed by atoms with Crippen LogP contribution in [0.15, 0.2) is 12.3 Å². The molecule has 2 N–H and O–H groups in total. The van der Waals surface area contributed by atoms with Crippen LogP contribution in [0.1, 0.15) is 46.0 Å². The van der Waals surface area contributed by atoms with Gasteiger partial charge in [-0.25, -0.2) is 4.98 Å². The summed E-state index contributed by atoms with van der Waals surface area (Å²) in [5.74, 6) is 1.03. The summed E-state index contributed by atoms with van der Waals surface area (Å²) in [4.78, 5) is 9.79. The molecule has 7 nitrogen and oxygen atoms in total. The van der Waals surface area contributed by atoms with E-state index in [1.165, 1.54) is 18.5 Å². The van der Waals surface area contributed by atoms with Crippen molar-refractivity contribution in [3.8, 4) is 0 Å². The highest BCUT2D eigenvalue weighted by molar-refractivity contribution is 5.91. The van der Waals surface area contributed by atoms with Crippen molar-refractivity contribution in [1.29, 1.82) is 0 Å². The van der Waals surface area contributed by atoms with Gasteiger partial charge in [-0.1, -0.05) is 6.92 Å². The van der Waals surface area contributed by atoms with Gasteiger partial charge < -0.3 is 19.6 Å². The molecule has 146 valence electrons. The standard InChI is InChI=1S/C20H29N5O2/c1-3-20(26)6-7-24(13(2)9-20)17-8-18(22-19-16(17)10-21-23-19)25-14-4-5-15(25)12-27-11-14/h8,10,13-15,26H,3-7,9,11-12H2,1-2H3,(H,21,22,23)/t13-,14?,15?,20+/m1/s1. The Morgan fingerprint density at radius 1 is 1.33 bits per heavy atom. The van der Waals surface area contributed by atoms with Gasteiger partial charge in [0.25, 0.3) is 0 Å². The summed E-state index contributed by atoms with van der Waals surface area (Å²) in [7, 11) is 0. The number of ether oxygens (including phenoxy) is 1. The number of hydrogen-bond acceptors (Lipinski definition) is 6. The number of nitrogens with zero attached hydrogens (tertiary/aromatic N) is 4. The fourth-order valence-electron chi connectivity index (χ4n) is 5.26. The van der Waals surface area contributed by atoms with Crippen LogP contribution in [0.5, 0.6) is 0 Å². The Morgan fingerprint density at radius 2 is 2.11 bits per heavy atom. The first-order valence-electron chi connectivity index (χ1n) is 10.3. The van der Waals surface area contributed by atoms with Crippen molar-refractivity contribution in [3.63, 3.8) is 0 Å². The first-order valence-corrected chi connectivity index (χ1v) is 10.3. The van der Waals surface area contributed by atoms with Crippen molar-refractivity contribution in [2.24, 2.45) is 0 Å². The molecule has 0 saturated carbocycles. The Labute approximate surface area is 159 Å². The molecule has 0 aliphatic carbocycles. The summed E-state index contributed by atoms with van der Waals surface area (Å²) in [6, 6.07) is 3.36. The lowest BCUT2D eigenvalue weighted by atomic mass is 9.84. The lowest BCUT2D eigenvalue weighted by Crippen LogP contribution is -2.49. The van der Waals surface area contributed by atoms with Crippen molar-refractivity contribution in [2.75, 3.05) is 29.6 Å². The molecule has 0 aromatic carbocycles. The third kappa shape index (κ3) is 2.79. The maximum Gasteiger partial charge on any atom is 0.159 e. The number of H-pyrrole nitrogens is 1. The van der Waals surface area contributed by atoms with E-state index in [2.05, 4.69) is 39.9 Å². The van der Waals surface area contributed by atoms with Gasteiger partial charge in [0.05, 0.1) is 48.2 Å². The van der Waals surface area contributed by atoms with Gasteiger partial charge in [0.2, 0.25) is 0 Å². The third-order valence-electron chi connectivity index (χ3n) is 6.89. The van der Waals surface area contributed by atoms with E-state index in [1.807, 2.05) is 6.20 Å². The molecule has 4 atom stereocenters. The summed E-state index contributed by atoms with van der Waals surface area (Å²) in [6.45, 7) is 6.72. The summed E-state index contributed by atoms with van der Waals surface area (Å²) < 4.78 is 5.75. The molecule has 3 aliphatic heterocycles. The Bertz CT molecular complexity index is 823. The second kappa shape index (κ2) is 6.34. The number of aromatic nitrogens is 3. The molecule has 2 unspecified atom stereocenters. The average molecular weight is 371 g/mol. The number of piperidine rings is 1. The number of nitrogens with one attached hydrogen (secondary N) is 1. The van der Waals surface area contributed by atoms with Gasteiger partial charge in [0, 0.05) is 18.7 Å². The predicted octanol–water partition coefficient (Wildman–Crippen LogP) is 2.46. The molecule has 0 amide bonds. The van der Waals surface area contributed by atoms with Gasteiger partial charge >= 0.3 is 0 Å². The van der Waals surface area contributed by atoms with Gasteiger partial charge in [0.1, 0.15) is 5.82 Å². The molecule has 3 fully saturated rings. The highest BCUT2D eigenvalue weighted by atomic mass is 16.5. The predicted molar refractivity (Wildman–Crippen MR) is 105 cm³/mol. The number of fused-ring (bicyclic) bond motifs is 3. The largest absolute Gasteiger partial charge is 0.390 e. The molecule has 0 radical (unpaired) electrons. The van der Waals surface area contributed by atoms with E-state index in [0.717, 1.165) is 55.9 Å². The Hall–Kier alpha value is -1.86. The van der Waals surface area contributed by atoms with E-state index < -0.39 is 5.60 Å². The molecule has 5 rings (SSSR count). The number of rotatable bonds is 3. The molecule has 2 aromatic heterocycles. The second-order valence-electron chi connectivity index (χ2n) is 8.54. The van der Waals surface area contributed by atoms with E-state index in [-0.39, 0.29) is 6.04 Å². The smallest absolute Gasteiger partial charge is 0.159 e. The minimum Gasteiger partial charge on any atom is -0.390 e. The number of pyridine rings is 1. The molecule has 2 aromatic rings. The van der Waals surface area contributed by atoms with Crippen LogP contribution in [0, 0.1) is 0 Å². The summed E-state index contributed by atoms with van der Waals surface area (Å²) >= 11 is 0. The molecule has 3 aliphatic rings. The van der Waals surface area contributed by atoms with E-state index in [0.29, 0.717) is 12.1 Å². The second-order valence-corrected chi connectivity index (χ2v) is 8.54. The Balaban J connectivity index is 1.54. The summed E-state index contributed by atoms with van der Waals surface area (Å²) in [6.07, 6.45) is 6.63. The molecular weight excluding hydrogens is 342 g/mol. The van der Waals surface area contributed by atoms with E-state index in [9.17, 15) is 5.11 Å². The van der Waals surface area contributed by atoms with Crippen LogP contribution in [-0.4, -0.2) is 63.8 Å². The van der Waals surface area contributed by atoms with Crippen molar-refractivity contribution in [2.45, 2.75) is 69.7 Å². The van der Waals surface area contributed by atoms with Crippen molar-refractivity contribution in [3.05, 3.63) is 12.3 Å². The zero-order valence-corrected chi connectivity index (χ0v) is 16.2. The SMILES string of the molecule is CC[C@]1(O)CCN(c2cc(N3C4CCC3COC4)nc3[nH]ncc23)[C@H](C)C1. The molecule has 27 heavy (non-hydrogen) atoms.